The van der Waals surface area contributed by atoms with Crippen LogP contribution in [0.15, 0.2) is 120 Å². The second-order valence-electron chi connectivity index (χ2n) is 36.8. The minimum absolute atomic E-state index is 0.0115. The number of nitrogen functional groups attached to an aromatic ring is 2. The summed E-state index contributed by atoms with van der Waals surface area (Å²) in [4.78, 5) is 141. The van der Waals surface area contributed by atoms with Crippen LogP contribution in [0.3, 0.4) is 0 Å². The number of piperazine rings is 2. The fraction of sp³-hybridized carbons (Fsp3) is 0.573. The minimum atomic E-state index is -2.49. The molecule has 1 saturated carbocycles. The summed E-state index contributed by atoms with van der Waals surface area (Å²) < 4.78 is 43.8. The Morgan fingerprint density at radius 3 is 2.20 bits per heavy atom. The van der Waals surface area contributed by atoms with Gasteiger partial charge in [0.05, 0.1) is 61.5 Å². The highest BCUT2D eigenvalue weighted by Crippen LogP contribution is 2.41. The summed E-state index contributed by atoms with van der Waals surface area (Å²) in [6.45, 7) is 20.5. The number of esters is 1. The lowest BCUT2D eigenvalue weighted by atomic mass is 9.78. The molecule has 0 radical (unpaired) electrons. The van der Waals surface area contributed by atoms with Crippen molar-refractivity contribution in [3.05, 3.63) is 143 Å². The highest BCUT2D eigenvalue weighted by molar-refractivity contribution is 6.39. The van der Waals surface area contributed by atoms with E-state index in [0.717, 1.165) is 40.9 Å². The van der Waals surface area contributed by atoms with E-state index in [0.29, 0.717) is 200 Å². The number of alkyl carbamates (subject to hydrolysis) is 1. The number of nitrogens with zero attached hydrogens (tertiary/aromatic N) is 15. The van der Waals surface area contributed by atoms with Gasteiger partial charge in [-0.05, 0) is 148 Å². The molecule has 6 aliphatic heterocycles. The monoisotopic (exact) mass is 1820 g/mol. The molecule has 16 atom stereocenters. The number of carbonyl (C=O) groups excluding carboxylic acids is 7. The van der Waals surface area contributed by atoms with Crippen molar-refractivity contribution in [2.45, 2.75) is 219 Å². The van der Waals surface area contributed by atoms with Crippen molar-refractivity contribution in [3.8, 4) is 11.3 Å². The normalized spacial score (nSPS) is 28.5. The number of fused-ring (bicyclic) bond motifs is 6. The first-order valence-electron chi connectivity index (χ1n) is 46.5. The number of methoxy groups -OCH3 is 2. The maximum Gasteiger partial charge on any atom is 0.407 e. The van der Waals surface area contributed by atoms with E-state index in [2.05, 4.69) is 62.1 Å². The van der Waals surface area contributed by atoms with Crippen LogP contribution in [0.1, 0.15) is 165 Å². The SMILES string of the molecule is CO[C@H]1C[C@@H]2CC[C@@H](C)[C@@](O)(O2)C(=O)C(=O)N2CCCC[C@H]2C(=O)O[C@H]([C@H](C)C[C@@H]2CC[C@@H](OC(=O)NCc3cnc(N4CCN(C(=O)CCOCCN5CCN(c6ncc(C(=O)N7CCc8cc(Cn9nc(-c%10ccc%11oc(N)nc%11c%10)c%10c(N)ncnc%109)ccc8C7)cn6)CC5)CC4)nc3)[C@H](OC)C2)C[C@@H](O)[C@H](C)/C=C(\C)[C@@H](O)[C@@H](O)C(=O)[C@H](C)C[C@H](C)/C=C/C=C/C=C/1C. The largest absolute Gasteiger partial charge is 0.460 e. The van der Waals surface area contributed by atoms with Crippen LogP contribution >= 0.6 is 0 Å². The van der Waals surface area contributed by atoms with Gasteiger partial charge in [0.1, 0.15) is 53.8 Å². The number of oxazole rings is 1. The van der Waals surface area contributed by atoms with Crippen LogP contribution in [0, 0.1) is 35.5 Å². The van der Waals surface area contributed by atoms with Gasteiger partial charge < -0.3 is 94.5 Å². The summed E-state index contributed by atoms with van der Waals surface area (Å²) >= 11 is 0. The van der Waals surface area contributed by atoms with Crippen LogP contribution in [-0.4, -0.2) is 286 Å². The first-order valence-corrected chi connectivity index (χ1v) is 46.5. The summed E-state index contributed by atoms with van der Waals surface area (Å²) in [6.07, 6.45) is 16.1. The van der Waals surface area contributed by atoms with Crippen molar-refractivity contribution >= 4 is 87.2 Å². The lowest BCUT2D eigenvalue weighted by Gasteiger charge is -2.43. The average molecular weight is 1820 g/mol. The van der Waals surface area contributed by atoms with Gasteiger partial charge in [-0.2, -0.15) is 10.1 Å². The van der Waals surface area contributed by atoms with Gasteiger partial charge in [-0.3, -0.25) is 28.9 Å². The Bertz CT molecular complexity index is 5320. The number of ether oxygens (including phenoxy) is 6. The van der Waals surface area contributed by atoms with Crippen LogP contribution < -0.4 is 26.6 Å². The second-order valence-corrected chi connectivity index (χ2v) is 36.8. The maximum absolute atomic E-state index is 14.8. The molecule has 2 aromatic carbocycles. The molecule has 5 aromatic heterocycles. The van der Waals surface area contributed by atoms with Crippen LogP contribution in [-0.2, 0) is 78.4 Å². The highest BCUT2D eigenvalue weighted by atomic mass is 16.6. The predicted molar refractivity (Wildman–Crippen MR) is 491 cm³/mol. The Morgan fingerprint density at radius 2 is 1.46 bits per heavy atom. The molecule has 1 aliphatic carbocycles. The number of nitrogens with two attached hydrogens (primary N) is 2. The zero-order valence-electron chi connectivity index (χ0n) is 77.1. The summed E-state index contributed by atoms with van der Waals surface area (Å²) in [7, 11) is 3.12. The number of hydrogen-bond donors (Lipinski definition) is 7. The minimum Gasteiger partial charge on any atom is -0.460 e. The molecule has 710 valence electrons. The second kappa shape index (κ2) is 44.2. The van der Waals surface area contributed by atoms with Crippen molar-refractivity contribution in [2.24, 2.45) is 35.5 Å². The molecule has 9 N–H and O–H groups in total. The van der Waals surface area contributed by atoms with Gasteiger partial charge in [0.2, 0.25) is 23.6 Å². The molecule has 0 spiro atoms. The van der Waals surface area contributed by atoms with Crippen LogP contribution in [0.25, 0.3) is 33.4 Å². The molecule has 5 fully saturated rings. The number of anilines is 4. The van der Waals surface area contributed by atoms with E-state index in [1.807, 2.05) is 88.7 Å². The van der Waals surface area contributed by atoms with Crippen molar-refractivity contribution in [3.63, 3.8) is 0 Å². The Balaban J connectivity index is 0.496. The van der Waals surface area contributed by atoms with Gasteiger partial charge in [-0.15, -0.1) is 0 Å². The number of hydrogen-bond acceptors (Lipinski definition) is 31. The molecule has 4 amide bonds. The number of aliphatic hydroxyl groups is 4. The van der Waals surface area contributed by atoms with Gasteiger partial charge in [-0.25, -0.2) is 44.2 Å². The Morgan fingerprint density at radius 1 is 0.720 bits per heavy atom. The van der Waals surface area contributed by atoms with Gasteiger partial charge in [-0.1, -0.05) is 89.3 Å². The van der Waals surface area contributed by atoms with Crippen LogP contribution in [0.2, 0.25) is 0 Å². The number of cyclic esters (lactones) is 1. The Hall–Kier alpha value is -11.1. The van der Waals surface area contributed by atoms with Crippen molar-refractivity contribution in [2.75, 3.05) is 121 Å². The number of benzene rings is 2. The molecule has 11 heterocycles. The quantitative estimate of drug-likeness (QED) is 0.0164. The number of aliphatic hydroxyl groups excluding tert-OH is 3. The molecule has 2 bridgehead atoms. The van der Waals surface area contributed by atoms with E-state index < -0.39 is 114 Å². The predicted octanol–water partition coefficient (Wildman–Crippen LogP) is 8.07. The topological polar surface area (TPSA) is 460 Å². The van der Waals surface area contributed by atoms with Gasteiger partial charge in [0, 0.05) is 166 Å². The number of ketones is 2. The Kier molecular flexibility index (Phi) is 32.4. The number of piperidine rings is 1. The number of allylic oxidation sites excluding steroid dienone is 5. The number of rotatable bonds is 20. The first-order chi connectivity index (χ1) is 63.5. The fourth-order valence-electron chi connectivity index (χ4n) is 19.3. The molecule has 14 rings (SSSR count). The standard InChI is InChI=1S/C96H128N18O18/c1-57-15-11-10-12-16-58(2)77(126-8)47-71-23-18-63(7)96(125,132-71)86(120)90(122)113-28-14-13-17-73(113)91(123)129-78(48-74(115)59(3)42-62(6)84(118)85(119)83(117)61(5)41-57)60(4)43-64-20-24-76(79(45-64)127-9)131-95(124)103-51-66-49-99-93(100-50-66)111-36-34-109(35-37-111)80(116)27-39-128-40-38-108-30-32-110(33-31-108)94-101-52-70(53-102-94)89(121)112-29-26-67-44-65(19-21-69(67)55-112)54-114-88-81(87(97)104-56-105-88)82(107-114)68-22-25-75-72(46-68)106-92(98)130-75/h10-12,15-16,19,21-22,25,42,44,46,49-50,52-53,56-57,59-61,63-64,71,73-74,76-79,84-85,115,118-119,125H,13-14,17-18,20,23-24,26-41,43,45,47-48,51,54-55H2,1-9H3,(H2,98,106)(H,103,124)(H2,97,104,105)/b12-10+,15-11+,58-16+,62-42+/t57-,59-,60-,61-,63-,64+,71+,73+,74-,76-,77+,78+,79-,84-,85+,96-/m1/s1. The summed E-state index contributed by atoms with van der Waals surface area (Å²) in [5.74, 6) is -7.34. The lowest BCUT2D eigenvalue weighted by molar-refractivity contribution is -0.265. The van der Waals surface area contributed by atoms with Gasteiger partial charge in [0.15, 0.2) is 17.0 Å². The third kappa shape index (κ3) is 23.6. The lowest BCUT2D eigenvalue weighted by Crippen LogP contribution is -2.61. The van der Waals surface area contributed by atoms with Gasteiger partial charge in [0.25, 0.3) is 23.6 Å². The van der Waals surface area contributed by atoms with Crippen molar-refractivity contribution in [1.82, 2.24) is 69.6 Å². The molecule has 4 saturated heterocycles. The third-order valence-electron chi connectivity index (χ3n) is 27.4. The molecule has 7 aliphatic rings. The Labute approximate surface area is 768 Å². The molecule has 36 nitrogen and oxygen atoms in total. The molecular formula is C96H128N18O18. The third-order valence-corrected chi connectivity index (χ3v) is 27.4. The van der Waals surface area contributed by atoms with Crippen molar-refractivity contribution < 1.29 is 86.8 Å². The molecule has 36 heteroatoms. The van der Waals surface area contributed by atoms with E-state index in [1.165, 1.54) is 11.2 Å². The van der Waals surface area contributed by atoms with E-state index in [9.17, 15) is 54.0 Å². The average Bonchev–Trinajstić information content (AvgIpc) is 1.26. The number of amides is 4. The summed E-state index contributed by atoms with van der Waals surface area (Å²) in [5.41, 5.74) is 20.8. The number of carbonyl (C=O) groups is 7. The summed E-state index contributed by atoms with van der Waals surface area (Å²) in [6, 6.07) is 10.7. The molecule has 0 unspecified atom stereocenters. The van der Waals surface area contributed by atoms with Crippen LogP contribution in [0.5, 0.6) is 0 Å². The zero-order chi connectivity index (χ0) is 93.6. The van der Waals surface area contributed by atoms with E-state index in [-0.39, 0.29) is 74.0 Å². The zero-order valence-corrected chi connectivity index (χ0v) is 77.1. The summed E-state index contributed by atoms with van der Waals surface area (Å²) in [5, 5.41) is 55.3. The molecule has 7 aromatic rings. The fourth-order valence-corrected chi connectivity index (χ4v) is 19.3. The smallest absolute Gasteiger partial charge is 0.407 e. The van der Waals surface area contributed by atoms with Crippen molar-refractivity contribution in [1.29, 1.82) is 0 Å². The number of nitrogens with one attached hydrogen (secondary N) is 1. The number of aromatic nitrogens is 9. The molecule has 132 heavy (non-hydrogen) atoms. The molecular weight excluding hydrogens is 1690 g/mol. The van der Waals surface area contributed by atoms with E-state index in [1.54, 1.807) is 78.8 Å². The maximum atomic E-state index is 14.8. The first kappa shape index (κ1) is 96.9. The number of Topliss-reactive ketones (excluding diaryl/α,β-unsaturated/α-hetero) is 2. The highest BCUT2D eigenvalue weighted by Gasteiger charge is 2.53. The van der Waals surface area contributed by atoms with E-state index in [4.69, 9.17) is 49.4 Å². The van der Waals surface area contributed by atoms with E-state index >= 15 is 0 Å². The van der Waals surface area contributed by atoms with Gasteiger partial charge >= 0.3 is 12.1 Å². The van der Waals surface area contributed by atoms with Crippen LogP contribution in [0.4, 0.5) is 28.5 Å².